The summed E-state index contributed by atoms with van der Waals surface area (Å²) in [5.74, 6) is 0. The van der Waals surface area contributed by atoms with E-state index in [9.17, 15) is 5.11 Å². The van der Waals surface area contributed by atoms with Crippen molar-refractivity contribution in [1.82, 2.24) is 5.32 Å². The summed E-state index contributed by atoms with van der Waals surface area (Å²) in [6, 6.07) is 7.86. The van der Waals surface area contributed by atoms with Gasteiger partial charge in [-0.15, -0.1) is 0 Å². The fourth-order valence-corrected chi connectivity index (χ4v) is 2.52. The molecule has 0 heterocycles. The Kier molecular flexibility index (Phi) is 9.14. The number of rotatable bonds is 10. The number of unbranched alkanes of at least 4 members (excludes halogenated alkanes) is 5. The van der Waals surface area contributed by atoms with E-state index in [1.807, 2.05) is 24.3 Å². The van der Waals surface area contributed by atoms with Gasteiger partial charge in [0.25, 0.3) is 0 Å². The molecule has 1 atom stereocenters. The SMILES string of the molecule is CCCCCCCCNCC(O)c1cccc(Br)c1. The van der Waals surface area contributed by atoms with Crippen LogP contribution in [0.5, 0.6) is 0 Å². The molecule has 0 bridgehead atoms. The Morgan fingerprint density at radius 3 is 2.63 bits per heavy atom. The van der Waals surface area contributed by atoms with Gasteiger partial charge in [-0.25, -0.2) is 0 Å². The molecule has 1 unspecified atom stereocenters. The molecular formula is C16H26BrNO. The summed E-state index contributed by atoms with van der Waals surface area (Å²) in [4.78, 5) is 0. The maximum absolute atomic E-state index is 10.0. The maximum Gasteiger partial charge on any atom is 0.0914 e. The van der Waals surface area contributed by atoms with Gasteiger partial charge >= 0.3 is 0 Å². The first-order valence-corrected chi connectivity index (χ1v) is 8.17. The predicted octanol–water partition coefficient (Wildman–Crippen LogP) is 4.43. The van der Waals surface area contributed by atoms with E-state index in [2.05, 4.69) is 28.2 Å². The number of halogens is 1. The molecule has 0 aliphatic rings. The van der Waals surface area contributed by atoms with E-state index in [-0.39, 0.29) is 0 Å². The number of nitrogens with one attached hydrogen (secondary N) is 1. The monoisotopic (exact) mass is 327 g/mol. The molecule has 0 saturated carbocycles. The number of aliphatic hydroxyl groups is 1. The van der Waals surface area contributed by atoms with Crippen molar-refractivity contribution in [2.45, 2.75) is 51.6 Å². The first-order chi connectivity index (χ1) is 9.24. The molecule has 0 fully saturated rings. The van der Waals surface area contributed by atoms with Gasteiger partial charge in [-0.1, -0.05) is 67.1 Å². The van der Waals surface area contributed by atoms with Crippen LogP contribution in [0.25, 0.3) is 0 Å². The Bertz CT molecular complexity index is 343. The molecule has 1 aromatic carbocycles. The average Bonchev–Trinajstić information content (AvgIpc) is 2.41. The van der Waals surface area contributed by atoms with Crippen molar-refractivity contribution < 1.29 is 5.11 Å². The third kappa shape index (κ3) is 7.71. The zero-order valence-electron chi connectivity index (χ0n) is 11.9. The lowest BCUT2D eigenvalue weighted by Gasteiger charge is -2.12. The summed E-state index contributed by atoms with van der Waals surface area (Å²) in [7, 11) is 0. The van der Waals surface area contributed by atoms with Gasteiger partial charge in [-0.3, -0.25) is 0 Å². The second kappa shape index (κ2) is 10.4. The van der Waals surface area contributed by atoms with E-state index in [1.54, 1.807) is 0 Å². The van der Waals surface area contributed by atoms with E-state index < -0.39 is 6.10 Å². The molecule has 0 aromatic heterocycles. The number of benzene rings is 1. The molecule has 0 aliphatic heterocycles. The zero-order valence-corrected chi connectivity index (χ0v) is 13.5. The van der Waals surface area contributed by atoms with Crippen molar-refractivity contribution in [2.75, 3.05) is 13.1 Å². The summed E-state index contributed by atoms with van der Waals surface area (Å²) >= 11 is 3.42. The zero-order chi connectivity index (χ0) is 13.9. The highest BCUT2D eigenvalue weighted by atomic mass is 79.9. The van der Waals surface area contributed by atoms with Gasteiger partial charge in [-0.05, 0) is 30.7 Å². The van der Waals surface area contributed by atoms with E-state index in [0.717, 1.165) is 16.6 Å². The van der Waals surface area contributed by atoms with Crippen LogP contribution in [0.3, 0.4) is 0 Å². The number of aliphatic hydroxyl groups excluding tert-OH is 1. The van der Waals surface area contributed by atoms with Crippen molar-refractivity contribution in [3.63, 3.8) is 0 Å². The maximum atomic E-state index is 10.0. The van der Waals surface area contributed by atoms with Crippen LogP contribution >= 0.6 is 15.9 Å². The van der Waals surface area contributed by atoms with Crippen LogP contribution in [0.2, 0.25) is 0 Å². The van der Waals surface area contributed by atoms with Gasteiger partial charge in [0.1, 0.15) is 0 Å². The summed E-state index contributed by atoms with van der Waals surface area (Å²) < 4.78 is 1.01. The molecule has 2 nitrogen and oxygen atoms in total. The van der Waals surface area contributed by atoms with Crippen LogP contribution in [0.1, 0.15) is 57.1 Å². The summed E-state index contributed by atoms with van der Waals surface area (Å²) in [6.45, 7) is 3.87. The smallest absolute Gasteiger partial charge is 0.0914 e. The van der Waals surface area contributed by atoms with Crippen molar-refractivity contribution in [2.24, 2.45) is 0 Å². The minimum atomic E-state index is -0.419. The second-order valence-corrected chi connectivity index (χ2v) is 5.96. The topological polar surface area (TPSA) is 32.3 Å². The Balaban J connectivity index is 2.06. The molecule has 3 heteroatoms. The molecule has 19 heavy (non-hydrogen) atoms. The van der Waals surface area contributed by atoms with Crippen molar-refractivity contribution in [1.29, 1.82) is 0 Å². The van der Waals surface area contributed by atoms with Crippen molar-refractivity contribution >= 4 is 15.9 Å². The molecule has 0 radical (unpaired) electrons. The molecule has 0 amide bonds. The highest BCUT2D eigenvalue weighted by Gasteiger charge is 2.06. The van der Waals surface area contributed by atoms with Crippen LogP contribution in [0, 0.1) is 0 Å². The Hall–Kier alpha value is -0.380. The highest BCUT2D eigenvalue weighted by molar-refractivity contribution is 9.10. The number of hydrogen-bond donors (Lipinski definition) is 2. The molecule has 0 spiro atoms. The average molecular weight is 328 g/mol. The molecule has 0 aliphatic carbocycles. The minimum absolute atomic E-state index is 0.419. The van der Waals surface area contributed by atoms with E-state index in [4.69, 9.17) is 0 Å². The van der Waals surface area contributed by atoms with Crippen LogP contribution in [-0.4, -0.2) is 18.2 Å². The quantitative estimate of drug-likeness (QED) is 0.623. The first kappa shape index (κ1) is 16.7. The standard InChI is InChI=1S/C16H26BrNO/c1-2-3-4-5-6-7-11-18-13-16(19)14-9-8-10-15(17)12-14/h8-10,12,16,18-19H,2-7,11,13H2,1H3. The lowest BCUT2D eigenvalue weighted by Crippen LogP contribution is -2.22. The lowest BCUT2D eigenvalue weighted by atomic mass is 10.1. The van der Waals surface area contributed by atoms with Gasteiger partial charge in [0, 0.05) is 11.0 Å². The number of hydrogen-bond acceptors (Lipinski definition) is 2. The highest BCUT2D eigenvalue weighted by Crippen LogP contribution is 2.17. The van der Waals surface area contributed by atoms with Gasteiger partial charge in [0.15, 0.2) is 0 Å². The fraction of sp³-hybridized carbons (Fsp3) is 0.625. The second-order valence-electron chi connectivity index (χ2n) is 5.04. The van der Waals surface area contributed by atoms with Crippen molar-refractivity contribution in [3.8, 4) is 0 Å². The van der Waals surface area contributed by atoms with Gasteiger partial charge in [0.05, 0.1) is 6.10 Å². The molecular weight excluding hydrogens is 302 g/mol. The van der Waals surface area contributed by atoms with E-state index in [0.29, 0.717) is 6.54 Å². The van der Waals surface area contributed by atoms with Gasteiger partial charge in [-0.2, -0.15) is 0 Å². The fourth-order valence-electron chi connectivity index (χ4n) is 2.10. The Labute approximate surface area is 125 Å². The van der Waals surface area contributed by atoms with E-state index >= 15 is 0 Å². The molecule has 2 N–H and O–H groups in total. The van der Waals surface area contributed by atoms with Gasteiger partial charge < -0.3 is 10.4 Å². The largest absolute Gasteiger partial charge is 0.387 e. The summed E-state index contributed by atoms with van der Waals surface area (Å²) in [6.07, 6.45) is 7.43. The predicted molar refractivity (Wildman–Crippen MR) is 85.3 cm³/mol. The minimum Gasteiger partial charge on any atom is -0.387 e. The summed E-state index contributed by atoms with van der Waals surface area (Å²) in [5, 5.41) is 13.4. The molecule has 0 saturated heterocycles. The molecule has 1 aromatic rings. The normalized spacial score (nSPS) is 12.6. The summed E-state index contributed by atoms with van der Waals surface area (Å²) in [5.41, 5.74) is 0.963. The molecule has 108 valence electrons. The van der Waals surface area contributed by atoms with Gasteiger partial charge in [0.2, 0.25) is 0 Å². The van der Waals surface area contributed by atoms with Crippen molar-refractivity contribution in [3.05, 3.63) is 34.3 Å². The Morgan fingerprint density at radius 1 is 1.16 bits per heavy atom. The lowest BCUT2D eigenvalue weighted by molar-refractivity contribution is 0.174. The molecule has 1 rings (SSSR count). The van der Waals surface area contributed by atoms with Crippen LogP contribution in [0.15, 0.2) is 28.7 Å². The van der Waals surface area contributed by atoms with Crippen LogP contribution in [0.4, 0.5) is 0 Å². The van der Waals surface area contributed by atoms with E-state index in [1.165, 1.54) is 38.5 Å². The first-order valence-electron chi connectivity index (χ1n) is 7.38. The Morgan fingerprint density at radius 2 is 1.89 bits per heavy atom. The third-order valence-corrected chi connectivity index (χ3v) is 3.77. The van der Waals surface area contributed by atoms with Crippen LogP contribution in [-0.2, 0) is 0 Å². The third-order valence-electron chi connectivity index (χ3n) is 3.28. The van der Waals surface area contributed by atoms with Crippen LogP contribution < -0.4 is 5.32 Å².